The third-order valence-electron chi connectivity index (χ3n) is 3.93. The quantitative estimate of drug-likeness (QED) is 0.366. The fourth-order valence-corrected chi connectivity index (χ4v) is 2.99. The number of alkyl halides is 3. The molecule has 9 nitrogen and oxygen atoms in total. The molecule has 32 heavy (non-hydrogen) atoms. The second-order valence-electron chi connectivity index (χ2n) is 6.21. The SMILES string of the molecule is O=C(NCCNc1ncc(-c2nnc(CO)o2)cc1Cl)Nc1ccc(C(F)(F)F)c(Cl)c1. The molecule has 0 aliphatic carbocycles. The van der Waals surface area contributed by atoms with Gasteiger partial charge in [0.1, 0.15) is 12.4 Å². The summed E-state index contributed by atoms with van der Waals surface area (Å²) in [5.74, 6) is 0.548. The Bertz CT molecular complexity index is 1110. The number of halogens is 5. The summed E-state index contributed by atoms with van der Waals surface area (Å²) in [4.78, 5) is 16.1. The number of anilines is 2. The predicted molar refractivity (Wildman–Crippen MR) is 110 cm³/mol. The van der Waals surface area contributed by atoms with Crippen LogP contribution in [0.3, 0.4) is 0 Å². The first-order valence-corrected chi connectivity index (χ1v) is 9.67. The Hall–Kier alpha value is -3.09. The molecule has 0 bridgehead atoms. The van der Waals surface area contributed by atoms with E-state index >= 15 is 0 Å². The average molecular weight is 491 g/mol. The summed E-state index contributed by atoms with van der Waals surface area (Å²) < 4.78 is 43.4. The first-order chi connectivity index (χ1) is 15.2. The molecule has 1 aromatic carbocycles. The highest BCUT2D eigenvalue weighted by Gasteiger charge is 2.33. The summed E-state index contributed by atoms with van der Waals surface area (Å²) in [5.41, 5.74) is -0.419. The first-order valence-electron chi connectivity index (χ1n) is 8.92. The molecule has 2 heterocycles. The zero-order chi connectivity index (χ0) is 23.3. The number of urea groups is 1. The Balaban J connectivity index is 1.48. The number of amides is 2. The van der Waals surface area contributed by atoms with Gasteiger partial charge in [0, 0.05) is 25.0 Å². The molecular weight excluding hydrogens is 476 g/mol. The molecule has 0 radical (unpaired) electrons. The molecule has 2 aromatic heterocycles. The molecule has 0 saturated carbocycles. The van der Waals surface area contributed by atoms with Crippen LogP contribution in [-0.4, -0.2) is 39.4 Å². The highest BCUT2D eigenvalue weighted by atomic mass is 35.5. The van der Waals surface area contributed by atoms with E-state index in [1.54, 1.807) is 6.07 Å². The molecule has 0 spiro atoms. The number of hydrogen-bond donors (Lipinski definition) is 4. The van der Waals surface area contributed by atoms with Crippen molar-refractivity contribution in [2.75, 3.05) is 23.7 Å². The third kappa shape index (κ3) is 5.99. The third-order valence-corrected chi connectivity index (χ3v) is 4.53. The number of benzene rings is 1. The Morgan fingerprint density at radius 2 is 1.91 bits per heavy atom. The van der Waals surface area contributed by atoms with E-state index in [1.165, 1.54) is 6.20 Å². The van der Waals surface area contributed by atoms with Crippen LogP contribution in [0.2, 0.25) is 10.0 Å². The van der Waals surface area contributed by atoms with Crippen LogP contribution in [0.5, 0.6) is 0 Å². The number of aliphatic hydroxyl groups is 1. The van der Waals surface area contributed by atoms with Crippen LogP contribution in [0.4, 0.5) is 29.5 Å². The Morgan fingerprint density at radius 1 is 1.12 bits per heavy atom. The van der Waals surface area contributed by atoms with E-state index < -0.39 is 22.8 Å². The number of carbonyl (C=O) groups excluding carboxylic acids is 1. The van der Waals surface area contributed by atoms with E-state index in [0.29, 0.717) is 11.4 Å². The highest BCUT2D eigenvalue weighted by molar-refractivity contribution is 6.33. The van der Waals surface area contributed by atoms with Crippen LogP contribution in [0.15, 0.2) is 34.9 Å². The van der Waals surface area contributed by atoms with Gasteiger partial charge in [-0.3, -0.25) is 0 Å². The topological polar surface area (TPSA) is 125 Å². The fraction of sp³-hybridized carbons (Fsp3) is 0.222. The molecule has 0 saturated heterocycles. The number of nitrogens with one attached hydrogen (secondary N) is 3. The van der Waals surface area contributed by atoms with E-state index in [-0.39, 0.29) is 42.2 Å². The summed E-state index contributed by atoms with van der Waals surface area (Å²) in [6, 6.07) is 3.81. The van der Waals surface area contributed by atoms with Gasteiger partial charge in [0.25, 0.3) is 0 Å². The number of aromatic nitrogens is 3. The number of nitrogens with zero attached hydrogens (tertiary/aromatic N) is 3. The van der Waals surface area contributed by atoms with E-state index in [1.807, 2.05) is 0 Å². The lowest BCUT2D eigenvalue weighted by molar-refractivity contribution is -0.137. The predicted octanol–water partition coefficient (Wildman–Crippen LogP) is 4.18. The lowest BCUT2D eigenvalue weighted by atomic mass is 10.2. The fourth-order valence-electron chi connectivity index (χ4n) is 2.47. The van der Waals surface area contributed by atoms with Crippen molar-refractivity contribution in [3.63, 3.8) is 0 Å². The summed E-state index contributed by atoms with van der Waals surface area (Å²) in [6.45, 7) is 0.0201. The van der Waals surface area contributed by atoms with E-state index in [2.05, 4.69) is 31.1 Å². The molecule has 3 aromatic rings. The second-order valence-corrected chi connectivity index (χ2v) is 7.03. The van der Waals surface area contributed by atoms with Crippen LogP contribution in [0.1, 0.15) is 11.5 Å². The Labute approximate surface area is 189 Å². The van der Waals surface area contributed by atoms with E-state index in [9.17, 15) is 18.0 Å². The number of hydrogen-bond acceptors (Lipinski definition) is 7. The van der Waals surface area contributed by atoms with Crippen molar-refractivity contribution in [2.24, 2.45) is 0 Å². The minimum absolute atomic E-state index is 0.0567. The van der Waals surface area contributed by atoms with Crippen molar-refractivity contribution in [3.05, 3.63) is 52.0 Å². The van der Waals surface area contributed by atoms with Crippen molar-refractivity contribution >= 4 is 40.7 Å². The average Bonchev–Trinajstić information content (AvgIpc) is 3.20. The van der Waals surface area contributed by atoms with Crippen LogP contribution in [0.25, 0.3) is 11.5 Å². The van der Waals surface area contributed by atoms with Crippen molar-refractivity contribution in [1.82, 2.24) is 20.5 Å². The van der Waals surface area contributed by atoms with Crippen molar-refractivity contribution < 1.29 is 27.5 Å². The Kier molecular flexibility index (Phi) is 7.38. The van der Waals surface area contributed by atoms with Gasteiger partial charge in [-0.15, -0.1) is 10.2 Å². The van der Waals surface area contributed by atoms with E-state index in [4.69, 9.17) is 32.7 Å². The van der Waals surface area contributed by atoms with Gasteiger partial charge in [0.2, 0.25) is 11.8 Å². The van der Waals surface area contributed by atoms with Crippen molar-refractivity contribution in [2.45, 2.75) is 12.8 Å². The van der Waals surface area contributed by atoms with Crippen LogP contribution >= 0.6 is 23.2 Å². The molecule has 0 aliphatic heterocycles. The normalized spacial score (nSPS) is 11.3. The van der Waals surface area contributed by atoms with Crippen LogP contribution in [0, 0.1) is 0 Å². The molecule has 3 rings (SSSR count). The Morgan fingerprint density at radius 3 is 2.53 bits per heavy atom. The van der Waals surface area contributed by atoms with Gasteiger partial charge < -0.3 is 25.5 Å². The lowest BCUT2D eigenvalue weighted by Gasteiger charge is -2.12. The summed E-state index contributed by atoms with van der Waals surface area (Å²) >= 11 is 11.8. The molecule has 0 fully saturated rings. The minimum atomic E-state index is -4.58. The minimum Gasteiger partial charge on any atom is -0.418 e. The van der Waals surface area contributed by atoms with Gasteiger partial charge >= 0.3 is 12.2 Å². The maximum atomic E-state index is 12.7. The largest absolute Gasteiger partial charge is 0.418 e. The van der Waals surface area contributed by atoms with Crippen molar-refractivity contribution in [1.29, 1.82) is 0 Å². The van der Waals surface area contributed by atoms with Gasteiger partial charge in [-0.25, -0.2) is 9.78 Å². The van der Waals surface area contributed by atoms with Gasteiger partial charge in [-0.2, -0.15) is 13.2 Å². The number of aliphatic hydroxyl groups excluding tert-OH is 1. The number of pyridine rings is 1. The zero-order valence-electron chi connectivity index (χ0n) is 16.0. The molecule has 0 aliphatic rings. The standard InChI is InChI=1S/C18H15Cl2F3N6O3/c19-12-6-10(1-2-11(12)18(21,22)23)27-17(31)25-4-3-24-15-13(20)5-9(7-26-15)16-29-28-14(8-30)32-16/h1-2,5-7,30H,3-4,8H2,(H,24,26)(H2,25,27,31). The molecule has 2 amide bonds. The maximum Gasteiger partial charge on any atom is 0.417 e. The lowest BCUT2D eigenvalue weighted by Crippen LogP contribution is -2.32. The molecule has 170 valence electrons. The molecule has 14 heteroatoms. The van der Waals surface area contributed by atoms with Crippen molar-refractivity contribution in [3.8, 4) is 11.5 Å². The summed E-state index contributed by atoms with van der Waals surface area (Å²) in [6.07, 6.45) is -3.14. The highest BCUT2D eigenvalue weighted by Crippen LogP contribution is 2.35. The van der Waals surface area contributed by atoms with Crippen LogP contribution in [-0.2, 0) is 12.8 Å². The number of carbonyl (C=O) groups is 1. The van der Waals surface area contributed by atoms with Gasteiger partial charge in [0.15, 0.2) is 0 Å². The van der Waals surface area contributed by atoms with Gasteiger partial charge in [-0.05, 0) is 24.3 Å². The molecular formula is C18H15Cl2F3N6O3. The van der Waals surface area contributed by atoms with Gasteiger partial charge in [0.05, 0.1) is 21.2 Å². The number of rotatable bonds is 7. The smallest absolute Gasteiger partial charge is 0.417 e. The molecule has 0 atom stereocenters. The zero-order valence-corrected chi connectivity index (χ0v) is 17.5. The monoisotopic (exact) mass is 490 g/mol. The van der Waals surface area contributed by atoms with Crippen LogP contribution < -0.4 is 16.0 Å². The summed E-state index contributed by atoms with van der Waals surface area (Å²) in [7, 11) is 0. The van der Waals surface area contributed by atoms with Gasteiger partial charge in [-0.1, -0.05) is 23.2 Å². The second kappa shape index (κ2) is 10.0. The first kappa shape index (κ1) is 23.6. The molecule has 0 unspecified atom stereocenters. The molecule has 4 N–H and O–H groups in total. The maximum absolute atomic E-state index is 12.7. The van der Waals surface area contributed by atoms with E-state index in [0.717, 1.165) is 18.2 Å². The summed E-state index contributed by atoms with van der Waals surface area (Å²) in [5, 5.41) is 23.9.